The first-order valence-electron chi connectivity index (χ1n) is 7.17. The van der Waals surface area contributed by atoms with Crippen LogP contribution in [0.3, 0.4) is 0 Å². The maximum Gasteiger partial charge on any atom is 0.256 e. The second kappa shape index (κ2) is 5.24. The van der Waals surface area contributed by atoms with Gasteiger partial charge in [-0.25, -0.2) is 0 Å². The Bertz CT molecular complexity index is 678. The maximum atomic E-state index is 12.8. The first-order valence-corrected chi connectivity index (χ1v) is 7.17. The van der Waals surface area contributed by atoms with E-state index in [-0.39, 0.29) is 11.9 Å². The van der Waals surface area contributed by atoms with Gasteiger partial charge in [0.05, 0.1) is 17.3 Å². The molecule has 1 aromatic carbocycles. The predicted molar refractivity (Wildman–Crippen MR) is 79.8 cm³/mol. The number of carbonyl (C=O) groups is 1. The van der Waals surface area contributed by atoms with Crippen LogP contribution in [0.15, 0.2) is 28.8 Å². The van der Waals surface area contributed by atoms with E-state index in [2.05, 4.69) is 5.16 Å². The first-order chi connectivity index (χ1) is 10.1. The van der Waals surface area contributed by atoms with E-state index in [0.717, 1.165) is 36.4 Å². The summed E-state index contributed by atoms with van der Waals surface area (Å²) < 4.78 is 5.34. The minimum Gasteiger partial charge on any atom is -0.398 e. The van der Waals surface area contributed by atoms with E-state index in [1.807, 2.05) is 36.9 Å². The van der Waals surface area contributed by atoms with Gasteiger partial charge < -0.3 is 15.2 Å². The van der Waals surface area contributed by atoms with E-state index in [0.29, 0.717) is 11.3 Å². The summed E-state index contributed by atoms with van der Waals surface area (Å²) in [6, 6.07) is 7.41. The van der Waals surface area contributed by atoms with Gasteiger partial charge in [-0.3, -0.25) is 4.79 Å². The third-order valence-corrected chi connectivity index (χ3v) is 4.04. The average Bonchev–Trinajstić information content (AvgIpc) is 3.09. The lowest BCUT2D eigenvalue weighted by Gasteiger charge is -2.23. The second-order valence-corrected chi connectivity index (χ2v) is 5.56. The SMILES string of the molecule is Cc1cc(C2CCCN2C(=O)c2cccc(C)c2N)on1. The minimum atomic E-state index is -0.0430. The summed E-state index contributed by atoms with van der Waals surface area (Å²) in [7, 11) is 0. The Hall–Kier alpha value is -2.30. The highest BCUT2D eigenvalue weighted by Gasteiger charge is 2.33. The molecule has 2 aromatic rings. The number of nitrogen functional groups attached to an aromatic ring is 1. The average molecular weight is 285 g/mol. The molecule has 1 unspecified atom stereocenters. The monoisotopic (exact) mass is 285 g/mol. The Labute approximate surface area is 123 Å². The molecule has 2 heterocycles. The largest absolute Gasteiger partial charge is 0.398 e. The van der Waals surface area contributed by atoms with Crippen molar-refractivity contribution < 1.29 is 9.32 Å². The van der Waals surface area contributed by atoms with Crippen LogP contribution in [0.2, 0.25) is 0 Å². The standard InChI is InChI=1S/C16H19N3O2/c1-10-5-3-6-12(15(10)17)16(20)19-8-4-7-13(19)14-9-11(2)18-21-14/h3,5-6,9,13H,4,7-8,17H2,1-2H3. The number of aryl methyl sites for hydroxylation is 2. The molecule has 0 aliphatic carbocycles. The molecule has 1 aliphatic heterocycles. The van der Waals surface area contributed by atoms with Gasteiger partial charge in [0.2, 0.25) is 0 Å². The van der Waals surface area contributed by atoms with Crippen molar-refractivity contribution in [3.8, 4) is 0 Å². The van der Waals surface area contributed by atoms with Gasteiger partial charge in [0.25, 0.3) is 5.91 Å². The fourth-order valence-corrected chi connectivity index (χ4v) is 2.87. The Kier molecular flexibility index (Phi) is 3.41. The second-order valence-electron chi connectivity index (χ2n) is 5.56. The predicted octanol–water partition coefficient (Wildman–Crippen LogP) is 2.85. The van der Waals surface area contributed by atoms with Crippen LogP contribution in [0, 0.1) is 13.8 Å². The highest BCUT2D eigenvalue weighted by atomic mass is 16.5. The number of rotatable bonds is 2. The zero-order chi connectivity index (χ0) is 15.0. The van der Waals surface area contributed by atoms with Crippen LogP contribution in [0.1, 0.15) is 46.3 Å². The smallest absolute Gasteiger partial charge is 0.256 e. The molecule has 1 aromatic heterocycles. The van der Waals surface area contributed by atoms with Crippen LogP contribution < -0.4 is 5.73 Å². The molecular weight excluding hydrogens is 266 g/mol. The van der Waals surface area contributed by atoms with Gasteiger partial charge in [-0.1, -0.05) is 17.3 Å². The quantitative estimate of drug-likeness (QED) is 0.861. The van der Waals surface area contributed by atoms with Gasteiger partial charge in [0, 0.05) is 18.3 Å². The van der Waals surface area contributed by atoms with Crippen molar-refractivity contribution >= 4 is 11.6 Å². The number of para-hydroxylation sites is 1. The van der Waals surface area contributed by atoms with Crippen LogP contribution >= 0.6 is 0 Å². The zero-order valence-corrected chi connectivity index (χ0v) is 12.3. The third-order valence-electron chi connectivity index (χ3n) is 4.04. The van der Waals surface area contributed by atoms with Gasteiger partial charge in [-0.2, -0.15) is 0 Å². The number of benzene rings is 1. The number of hydrogen-bond donors (Lipinski definition) is 1. The molecule has 110 valence electrons. The molecule has 1 amide bonds. The summed E-state index contributed by atoms with van der Waals surface area (Å²) in [5.74, 6) is 0.720. The number of carbonyl (C=O) groups excluding carboxylic acids is 1. The molecule has 5 heteroatoms. The van der Waals surface area contributed by atoms with Crippen LogP contribution in [0.25, 0.3) is 0 Å². The topological polar surface area (TPSA) is 72.4 Å². The molecule has 0 saturated carbocycles. The first kappa shape index (κ1) is 13.7. The molecule has 2 N–H and O–H groups in total. The van der Waals surface area contributed by atoms with Crippen molar-refractivity contribution in [2.24, 2.45) is 0 Å². The fraction of sp³-hybridized carbons (Fsp3) is 0.375. The molecule has 0 bridgehead atoms. The van der Waals surface area contributed by atoms with E-state index in [9.17, 15) is 4.79 Å². The lowest BCUT2D eigenvalue weighted by Crippen LogP contribution is -2.31. The molecule has 0 radical (unpaired) electrons. The summed E-state index contributed by atoms with van der Waals surface area (Å²) in [6.45, 7) is 4.51. The van der Waals surface area contributed by atoms with E-state index in [4.69, 9.17) is 10.3 Å². The third kappa shape index (κ3) is 2.39. The van der Waals surface area contributed by atoms with Crippen molar-refractivity contribution in [2.75, 3.05) is 12.3 Å². The fourth-order valence-electron chi connectivity index (χ4n) is 2.87. The molecule has 3 rings (SSSR count). The highest BCUT2D eigenvalue weighted by molar-refractivity contribution is 6.00. The molecule has 1 fully saturated rings. The Morgan fingerprint density at radius 1 is 1.43 bits per heavy atom. The van der Waals surface area contributed by atoms with Crippen LogP contribution in [-0.4, -0.2) is 22.5 Å². The van der Waals surface area contributed by atoms with Gasteiger partial charge in [0.15, 0.2) is 5.76 Å². The van der Waals surface area contributed by atoms with E-state index < -0.39 is 0 Å². The van der Waals surface area contributed by atoms with E-state index >= 15 is 0 Å². The molecule has 1 saturated heterocycles. The number of amides is 1. The Balaban J connectivity index is 1.91. The maximum absolute atomic E-state index is 12.8. The van der Waals surface area contributed by atoms with Gasteiger partial charge in [0.1, 0.15) is 0 Å². The number of nitrogens with two attached hydrogens (primary N) is 1. The van der Waals surface area contributed by atoms with Crippen LogP contribution in [0.5, 0.6) is 0 Å². The lowest BCUT2D eigenvalue weighted by molar-refractivity contribution is 0.0715. The van der Waals surface area contributed by atoms with Crippen molar-refractivity contribution in [3.63, 3.8) is 0 Å². The van der Waals surface area contributed by atoms with E-state index in [1.54, 1.807) is 6.07 Å². The highest BCUT2D eigenvalue weighted by Crippen LogP contribution is 2.34. The van der Waals surface area contributed by atoms with Crippen LogP contribution in [-0.2, 0) is 0 Å². The Morgan fingerprint density at radius 3 is 2.95 bits per heavy atom. The zero-order valence-electron chi connectivity index (χ0n) is 12.3. The molecule has 21 heavy (non-hydrogen) atoms. The summed E-state index contributed by atoms with van der Waals surface area (Å²) >= 11 is 0. The molecule has 0 spiro atoms. The number of hydrogen-bond acceptors (Lipinski definition) is 4. The summed E-state index contributed by atoms with van der Waals surface area (Å²) in [5.41, 5.74) is 8.94. The Morgan fingerprint density at radius 2 is 2.24 bits per heavy atom. The van der Waals surface area contributed by atoms with Gasteiger partial charge in [-0.05, 0) is 38.3 Å². The minimum absolute atomic E-state index is 0.0345. The van der Waals surface area contributed by atoms with Crippen LogP contribution in [0.4, 0.5) is 5.69 Å². The van der Waals surface area contributed by atoms with E-state index in [1.165, 1.54) is 0 Å². The number of anilines is 1. The molecule has 5 nitrogen and oxygen atoms in total. The molecule has 1 aliphatic rings. The summed E-state index contributed by atoms with van der Waals surface area (Å²) in [6.07, 6.45) is 1.86. The number of aromatic nitrogens is 1. The van der Waals surface area contributed by atoms with Crippen molar-refractivity contribution in [1.29, 1.82) is 0 Å². The lowest BCUT2D eigenvalue weighted by atomic mass is 10.1. The van der Waals surface area contributed by atoms with Crippen molar-refractivity contribution in [1.82, 2.24) is 10.1 Å². The molecular formula is C16H19N3O2. The summed E-state index contributed by atoms with van der Waals surface area (Å²) in [4.78, 5) is 14.6. The summed E-state index contributed by atoms with van der Waals surface area (Å²) in [5, 5.41) is 3.92. The molecule has 1 atom stereocenters. The van der Waals surface area contributed by atoms with Crippen molar-refractivity contribution in [2.45, 2.75) is 32.7 Å². The normalized spacial score (nSPS) is 18.2. The van der Waals surface area contributed by atoms with Gasteiger partial charge in [-0.15, -0.1) is 0 Å². The van der Waals surface area contributed by atoms with Gasteiger partial charge >= 0.3 is 0 Å². The van der Waals surface area contributed by atoms with Crippen molar-refractivity contribution in [3.05, 3.63) is 46.8 Å². The number of nitrogens with zero attached hydrogens (tertiary/aromatic N) is 2. The number of likely N-dealkylation sites (tertiary alicyclic amines) is 1.